The highest BCUT2D eigenvalue weighted by molar-refractivity contribution is 5.81. The van der Waals surface area contributed by atoms with Crippen molar-refractivity contribution in [3.63, 3.8) is 0 Å². The molecule has 0 radical (unpaired) electrons. The van der Waals surface area contributed by atoms with E-state index in [9.17, 15) is 14.4 Å². The predicted octanol–water partition coefficient (Wildman–Crippen LogP) is 2.14. The van der Waals surface area contributed by atoms with Crippen LogP contribution in [0.15, 0.2) is 30.3 Å². The lowest BCUT2D eigenvalue weighted by atomic mass is 9.94. The molecule has 0 saturated carbocycles. The molecule has 1 amide bonds. The summed E-state index contributed by atoms with van der Waals surface area (Å²) in [6.07, 6.45) is 0.720. The van der Waals surface area contributed by atoms with Crippen molar-refractivity contribution in [1.29, 1.82) is 0 Å². The lowest BCUT2D eigenvalue weighted by Crippen LogP contribution is -2.44. The van der Waals surface area contributed by atoms with Gasteiger partial charge >= 0.3 is 18.0 Å². The molecule has 1 aliphatic rings. The van der Waals surface area contributed by atoms with E-state index in [0.29, 0.717) is 13.0 Å². The third-order valence-electron chi connectivity index (χ3n) is 4.32. The average molecular weight is 349 g/mol. The summed E-state index contributed by atoms with van der Waals surface area (Å²) in [4.78, 5) is 37.7. The zero-order valence-electron chi connectivity index (χ0n) is 14.5. The van der Waals surface area contributed by atoms with E-state index in [4.69, 9.17) is 9.47 Å². The SMILES string of the molecule is COC(=O)CC(C(=O)OC)C1CCCN1C(=O)OCc1ccccc1. The van der Waals surface area contributed by atoms with Crippen molar-refractivity contribution in [2.45, 2.75) is 31.9 Å². The van der Waals surface area contributed by atoms with Crippen LogP contribution in [0.4, 0.5) is 4.79 Å². The molecule has 2 rings (SSSR count). The molecule has 7 heteroatoms. The summed E-state index contributed by atoms with van der Waals surface area (Å²) in [6.45, 7) is 0.635. The van der Waals surface area contributed by atoms with Gasteiger partial charge in [0.15, 0.2) is 0 Å². The van der Waals surface area contributed by atoms with Gasteiger partial charge in [-0.25, -0.2) is 4.79 Å². The third-order valence-corrected chi connectivity index (χ3v) is 4.32. The Morgan fingerprint density at radius 3 is 2.52 bits per heavy atom. The van der Waals surface area contributed by atoms with Gasteiger partial charge in [0.05, 0.1) is 26.6 Å². The highest BCUT2D eigenvalue weighted by Crippen LogP contribution is 2.28. The number of carbonyl (C=O) groups excluding carboxylic acids is 3. The predicted molar refractivity (Wildman–Crippen MR) is 88.5 cm³/mol. The number of likely N-dealkylation sites (tertiary alicyclic amines) is 1. The quantitative estimate of drug-likeness (QED) is 0.578. The molecule has 0 spiro atoms. The van der Waals surface area contributed by atoms with Gasteiger partial charge in [0.25, 0.3) is 0 Å². The molecular weight excluding hydrogens is 326 g/mol. The highest BCUT2D eigenvalue weighted by atomic mass is 16.6. The zero-order valence-corrected chi connectivity index (χ0v) is 14.5. The van der Waals surface area contributed by atoms with E-state index < -0.39 is 30.0 Å². The monoisotopic (exact) mass is 349 g/mol. The molecule has 1 heterocycles. The molecule has 0 aromatic heterocycles. The number of nitrogens with zero attached hydrogens (tertiary/aromatic N) is 1. The molecule has 2 atom stereocenters. The summed E-state index contributed by atoms with van der Waals surface area (Å²) < 4.78 is 14.8. The summed E-state index contributed by atoms with van der Waals surface area (Å²) in [5.41, 5.74) is 0.880. The van der Waals surface area contributed by atoms with Gasteiger partial charge in [0, 0.05) is 12.6 Å². The van der Waals surface area contributed by atoms with Crippen LogP contribution in [0, 0.1) is 5.92 Å². The largest absolute Gasteiger partial charge is 0.469 e. The van der Waals surface area contributed by atoms with E-state index in [1.165, 1.54) is 19.1 Å². The van der Waals surface area contributed by atoms with Crippen molar-refractivity contribution < 1.29 is 28.6 Å². The van der Waals surface area contributed by atoms with E-state index in [2.05, 4.69) is 4.74 Å². The summed E-state index contributed by atoms with van der Waals surface area (Å²) in [5, 5.41) is 0. The van der Waals surface area contributed by atoms with Crippen LogP contribution in [0.2, 0.25) is 0 Å². The van der Waals surface area contributed by atoms with E-state index in [0.717, 1.165) is 12.0 Å². The first kappa shape index (κ1) is 18.8. The second-order valence-electron chi connectivity index (χ2n) is 5.85. The Balaban J connectivity index is 2.04. The minimum atomic E-state index is -0.760. The second-order valence-corrected chi connectivity index (χ2v) is 5.85. The minimum absolute atomic E-state index is 0.129. The number of hydrogen-bond donors (Lipinski definition) is 0. The molecule has 0 N–H and O–H groups in total. The summed E-state index contributed by atoms with van der Waals surface area (Å²) in [5.74, 6) is -1.80. The van der Waals surface area contributed by atoms with Crippen LogP contribution in [0.3, 0.4) is 0 Å². The van der Waals surface area contributed by atoms with Gasteiger partial charge in [0.1, 0.15) is 6.61 Å². The van der Waals surface area contributed by atoms with Crippen LogP contribution < -0.4 is 0 Å². The molecule has 1 saturated heterocycles. The maximum absolute atomic E-state index is 12.4. The number of carbonyl (C=O) groups is 3. The molecule has 2 unspecified atom stereocenters. The fourth-order valence-corrected chi connectivity index (χ4v) is 3.03. The van der Waals surface area contributed by atoms with Crippen molar-refractivity contribution in [2.24, 2.45) is 5.92 Å². The Morgan fingerprint density at radius 1 is 1.16 bits per heavy atom. The molecule has 1 fully saturated rings. The molecular formula is C18H23NO6. The first-order chi connectivity index (χ1) is 12.1. The summed E-state index contributed by atoms with van der Waals surface area (Å²) >= 11 is 0. The maximum Gasteiger partial charge on any atom is 0.410 e. The van der Waals surface area contributed by atoms with Crippen LogP contribution in [0.5, 0.6) is 0 Å². The molecule has 1 aliphatic heterocycles. The number of esters is 2. The van der Waals surface area contributed by atoms with Gasteiger partial charge in [-0.15, -0.1) is 0 Å². The van der Waals surface area contributed by atoms with E-state index >= 15 is 0 Å². The number of hydrogen-bond acceptors (Lipinski definition) is 6. The van der Waals surface area contributed by atoms with Crippen molar-refractivity contribution >= 4 is 18.0 Å². The minimum Gasteiger partial charge on any atom is -0.469 e. The Bertz CT molecular complexity index is 603. The normalized spacial score (nSPS) is 17.7. The Morgan fingerprint density at radius 2 is 1.88 bits per heavy atom. The van der Waals surface area contributed by atoms with Gasteiger partial charge in [-0.2, -0.15) is 0 Å². The number of benzene rings is 1. The second kappa shape index (κ2) is 9.05. The number of ether oxygens (including phenoxy) is 3. The highest BCUT2D eigenvalue weighted by Gasteiger charge is 2.41. The van der Waals surface area contributed by atoms with Crippen molar-refractivity contribution in [1.82, 2.24) is 4.90 Å². The zero-order chi connectivity index (χ0) is 18.2. The van der Waals surface area contributed by atoms with E-state index in [1.807, 2.05) is 30.3 Å². The van der Waals surface area contributed by atoms with Crippen LogP contribution in [0.1, 0.15) is 24.8 Å². The number of methoxy groups -OCH3 is 2. The van der Waals surface area contributed by atoms with Crippen molar-refractivity contribution in [2.75, 3.05) is 20.8 Å². The molecule has 25 heavy (non-hydrogen) atoms. The van der Waals surface area contributed by atoms with Gasteiger partial charge < -0.3 is 19.1 Å². The van der Waals surface area contributed by atoms with Crippen LogP contribution in [-0.4, -0.2) is 49.7 Å². The topological polar surface area (TPSA) is 82.1 Å². The Labute approximate surface area is 146 Å². The molecule has 136 valence electrons. The Kier molecular flexibility index (Phi) is 6.80. The van der Waals surface area contributed by atoms with Gasteiger partial charge in [-0.05, 0) is 18.4 Å². The molecule has 7 nitrogen and oxygen atoms in total. The first-order valence-electron chi connectivity index (χ1n) is 8.18. The third kappa shape index (κ3) is 4.95. The summed E-state index contributed by atoms with van der Waals surface area (Å²) in [6, 6.07) is 8.91. The maximum atomic E-state index is 12.4. The smallest absolute Gasteiger partial charge is 0.410 e. The number of rotatable bonds is 6. The molecule has 1 aromatic rings. The van der Waals surface area contributed by atoms with Gasteiger partial charge in [-0.1, -0.05) is 30.3 Å². The first-order valence-corrected chi connectivity index (χ1v) is 8.18. The lowest BCUT2D eigenvalue weighted by molar-refractivity contribution is -0.154. The van der Waals surface area contributed by atoms with Crippen molar-refractivity contribution in [3.8, 4) is 0 Å². The lowest BCUT2D eigenvalue weighted by Gasteiger charge is -2.29. The fourth-order valence-electron chi connectivity index (χ4n) is 3.03. The fraction of sp³-hybridized carbons (Fsp3) is 0.500. The van der Waals surface area contributed by atoms with Gasteiger partial charge in [-0.3, -0.25) is 9.59 Å². The van der Waals surface area contributed by atoms with E-state index in [1.54, 1.807) is 0 Å². The molecule has 0 aliphatic carbocycles. The molecule has 0 bridgehead atoms. The van der Waals surface area contributed by atoms with E-state index in [-0.39, 0.29) is 13.0 Å². The van der Waals surface area contributed by atoms with Crippen LogP contribution >= 0.6 is 0 Å². The van der Waals surface area contributed by atoms with Crippen LogP contribution in [-0.2, 0) is 30.4 Å². The van der Waals surface area contributed by atoms with Crippen LogP contribution in [0.25, 0.3) is 0 Å². The molecule has 1 aromatic carbocycles. The van der Waals surface area contributed by atoms with Gasteiger partial charge in [0.2, 0.25) is 0 Å². The number of amides is 1. The standard InChI is InChI=1S/C18H23NO6/c1-23-16(20)11-14(17(21)24-2)15-9-6-10-19(15)18(22)25-12-13-7-4-3-5-8-13/h3-5,7-8,14-15H,6,9-12H2,1-2H3. The average Bonchev–Trinajstić information content (AvgIpc) is 3.13. The summed E-state index contributed by atoms with van der Waals surface area (Å²) in [7, 11) is 2.52. The Hall–Kier alpha value is -2.57. The van der Waals surface area contributed by atoms with Crippen molar-refractivity contribution in [3.05, 3.63) is 35.9 Å².